The number of aromatic carboxylic acids is 1. The van der Waals surface area contributed by atoms with Gasteiger partial charge in [0.05, 0.1) is 36.1 Å². The van der Waals surface area contributed by atoms with E-state index in [0.29, 0.717) is 46.1 Å². The number of nitrogens with zero attached hydrogens (tertiary/aromatic N) is 2. The van der Waals surface area contributed by atoms with E-state index in [1.54, 1.807) is 25.3 Å². The van der Waals surface area contributed by atoms with Crippen LogP contribution in [0.15, 0.2) is 48.5 Å². The van der Waals surface area contributed by atoms with Gasteiger partial charge in [-0.05, 0) is 38.1 Å². The largest absolute Gasteiger partial charge is 0.493 e. The Morgan fingerprint density at radius 2 is 1.80 bits per heavy atom. The molecule has 0 spiro atoms. The molecular weight excluding hydrogens is 382 g/mol. The van der Waals surface area contributed by atoms with Crippen LogP contribution in [0.3, 0.4) is 0 Å². The number of ether oxygens (including phenoxy) is 2. The minimum absolute atomic E-state index is 0.132. The lowest BCUT2D eigenvalue weighted by Crippen LogP contribution is -2.01. The highest BCUT2D eigenvalue weighted by Crippen LogP contribution is 2.35. The molecule has 152 valence electrons. The molecule has 0 bridgehead atoms. The minimum atomic E-state index is -1.05. The van der Waals surface area contributed by atoms with Crippen molar-refractivity contribution in [2.75, 3.05) is 13.7 Å². The van der Waals surface area contributed by atoms with Crippen molar-refractivity contribution >= 4 is 17.0 Å². The zero-order valence-corrected chi connectivity index (χ0v) is 16.9. The number of carbonyl (C=O) groups is 1. The molecule has 0 radical (unpaired) electrons. The van der Waals surface area contributed by atoms with Crippen molar-refractivity contribution < 1.29 is 19.4 Å². The van der Waals surface area contributed by atoms with Crippen molar-refractivity contribution in [3.8, 4) is 34.0 Å². The van der Waals surface area contributed by atoms with Crippen LogP contribution in [0.5, 0.6) is 11.5 Å². The van der Waals surface area contributed by atoms with Crippen LogP contribution in [0.2, 0.25) is 0 Å². The second-order valence-corrected chi connectivity index (χ2v) is 6.82. The quantitative estimate of drug-likeness (QED) is 0.484. The van der Waals surface area contributed by atoms with Crippen LogP contribution in [-0.2, 0) is 0 Å². The van der Waals surface area contributed by atoms with E-state index in [1.165, 1.54) is 0 Å². The van der Waals surface area contributed by atoms with Crippen molar-refractivity contribution in [1.82, 2.24) is 15.2 Å². The first-order valence-corrected chi connectivity index (χ1v) is 9.52. The van der Waals surface area contributed by atoms with Gasteiger partial charge in [-0.1, -0.05) is 29.8 Å². The second-order valence-electron chi connectivity index (χ2n) is 6.82. The molecule has 0 aliphatic rings. The fourth-order valence-corrected chi connectivity index (χ4v) is 3.37. The van der Waals surface area contributed by atoms with E-state index in [1.807, 2.05) is 44.2 Å². The molecule has 30 heavy (non-hydrogen) atoms. The van der Waals surface area contributed by atoms with Gasteiger partial charge in [0.2, 0.25) is 0 Å². The standard InChI is InChI=1S/C23H21N3O4/c1-4-30-18-10-9-15(11-19(18)29-3)17-12-16(23(27)28)20-21(25-26-22(20)24-17)14-7-5-13(2)6-8-14/h5-12H,4H2,1-3H3,(H,27,28)(H,24,25,26). The molecule has 0 fully saturated rings. The Kier molecular flexibility index (Phi) is 5.10. The molecule has 0 saturated carbocycles. The monoisotopic (exact) mass is 403 g/mol. The average Bonchev–Trinajstić information content (AvgIpc) is 3.18. The van der Waals surface area contributed by atoms with Crippen LogP contribution in [0.4, 0.5) is 0 Å². The summed E-state index contributed by atoms with van der Waals surface area (Å²) in [5.41, 5.74) is 4.27. The molecule has 2 aromatic heterocycles. The van der Waals surface area contributed by atoms with Crippen LogP contribution >= 0.6 is 0 Å². The maximum absolute atomic E-state index is 12.1. The number of H-pyrrole nitrogens is 1. The summed E-state index contributed by atoms with van der Waals surface area (Å²) in [4.78, 5) is 16.7. The van der Waals surface area contributed by atoms with Gasteiger partial charge in [-0.25, -0.2) is 9.78 Å². The van der Waals surface area contributed by atoms with E-state index in [-0.39, 0.29) is 5.56 Å². The topological polar surface area (TPSA) is 97.3 Å². The van der Waals surface area contributed by atoms with Crippen molar-refractivity contribution in [2.24, 2.45) is 0 Å². The Morgan fingerprint density at radius 3 is 2.47 bits per heavy atom. The number of aromatic nitrogens is 3. The van der Waals surface area contributed by atoms with Gasteiger partial charge < -0.3 is 14.6 Å². The third-order valence-corrected chi connectivity index (χ3v) is 4.85. The number of rotatable bonds is 6. The molecule has 7 nitrogen and oxygen atoms in total. The van der Waals surface area contributed by atoms with E-state index in [0.717, 1.165) is 11.1 Å². The van der Waals surface area contributed by atoms with Crippen LogP contribution in [0.25, 0.3) is 33.5 Å². The summed E-state index contributed by atoms with van der Waals surface area (Å²) in [5, 5.41) is 17.6. The SMILES string of the molecule is CCOc1ccc(-c2cc(C(=O)O)c3c(-c4ccc(C)cc4)[nH]nc3n2)cc1OC. The van der Waals surface area contributed by atoms with Crippen molar-refractivity contribution in [3.63, 3.8) is 0 Å². The van der Waals surface area contributed by atoms with E-state index >= 15 is 0 Å². The van der Waals surface area contributed by atoms with Crippen molar-refractivity contribution in [1.29, 1.82) is 0 Å². The van der Waals surface area contributed by atoms with Crippen LogP contribution in [-0.4, -0.2) is 40.0 Å². The number of methoxy groups -OCH3 is 1. The van der Waals surface area contributed by atoms with E-state index in [4.69, 9.17) is 9.47 Å². The predicted molar refractivity (Wildman–Crippen MR) is 114 cm³/mol. The molecule has 4 aromatic rings. The Hall–Kier alpha value is -3.87. The predicted octanol–water partition coefficient (Wildman–Crippen LogP) is 4.71. The summed E-state index contributed by atoms with van der Waals surface area (Å²) in [7, 11) is 1.56. The maximum Gasteiger partial charge on any atom is 0.336 e. The number of benzene rings is 2. The number of aryl methyl sites for hydroxylation is 1. The third kappa shape index (κ3) is 3.45. The number of pyridine rings is 1. The molecule has 4 rings (SSSR count). The van der Waals surface area contributed by atoms with Gasteiger partial charge in [-0.2, -0.15) is 5.10 Å². The summed E-state index contributed by atoms with van der Waals surface area (Å²) in [5.74, 6) is 0.122. The van der Waals surface area contributed by atoms with Gasteiger partial charge in [-0.3, -0.25) is 5.10 Å². The first kappa shape index (κ1) is 19.4. The second kappa shape index (κ2) is 7.87. The molecule has 0 aliphatic heterocycles. The van der Waals surface area contributed by atoms with Crippen LogP contribution < -0.4 is 9.47 Å². The molecule has 0 amide bonds. The fourth-order valence-electron chi connectivity index (χ4n) is 3.37. The Labute approximate surface area is 173 Å². The van der Waals surface area contributed by atoms with Crippen LogP contribution in [0, 0.1) is 6.92 Å². The Morgan fingerprint density at radius 1 is 1.07 bits per heavy atom. The van der Waals surface area contributed by atoms with E-state index < -0.39 is 5.97 Å². The first-order chi connectivity index (χ1) is 14.5. The number of fused-ring (bicyclic) bond motifs is 1. The minimum Gasteiger partial charge on any atom is -0.493 e. The Balaban J connectivity index is 1.88. The van der Waals surface area contributed by atoms with E-state index in [9.17, 15) is 9.90 Å². The molecule has 2 aromatic carbocycles. The lowest BCUT2D eigenvalue weighted by atomic mass is 10.0. The summed E-state index contributed by atoms with van der Waals surface area (Å²) < 4.78 is 11.0. The number of carboxylic acids is 1. The van der Waals surface area contributed by atoms with Crippen LogP contribution in [0.1, 0.15) is 22.8 Å². The number of hydrogen-bond donors (Lipinski definition) is 2. The summed E-state index contributed by atoms with van der Waals surface area (Å²) >= 11 is 0. The molecule has 0 atom stereocenters. The number of nitrogens with one attached hydrogen (secondary N) is 1. The normalized spacial score (nSPS) is 10.9. The highest BCUT2D eigenvalue weighted by Gasteiger charge is 2.20. The molecule has 2 N–H and O–H groups in total. The smallest absolute Gasteiger partial charge is 0.336 e. The van der Waals surface area contributed by atoms with Gasteiger partial charge in [0.25, 0.3) is 0 Å². The van der Waals surface area contributed by atoms with Gasteiger partial charge in [0.1, 0.15) is 0 Å². The first-order valence-electron chi connectivity index (χ1n) is 9.52. The highest BCUT2D eigenvalue weighted by atomic mass is 16.5. The lowest BCUT2D eigenvalue weighted by molar-refractivity contribution is 0.0699. The summed E-state index contributed by atoms with van der Waals surface area (Å²) in [6.45, 7) is 4.40. The molecule has 0 aliphatic carbocycles. The lowest BCUT2D eigenvalue weighted by Gasteiger charge is -2.11. The van der Waals surface area contributed by atoms with Gasteiger partial charge in [0.15, 0.2) is 17.1 Å². The summed E-state index contributed by atoms with van der Waals surface area (Å²) in [6, 6.07) is 14.7. The van der Waals surface area contributed by atoms with Crippen molar-refractivity contribution in [2.45, 2.75) is 13.8 Å². The van der Waals surface area contributed by atoms with Gasteiger partial charge in [-0.15, -0.1) is 0 Å². The fraction of sp³-hybridized carbons (Fsp3) is 0.174. The highest BCUT2D eigenvalue weighted by molar-refractivity contribution is 6.08. The molecule has 7 heteroatoms. The zero-order valence-electron chi connectivity index (χ0n) is 16.9. The number of carboxylic acid groups (broad SMARTS) is 1. The summed E-state index contributed by atoms with van der Waals surface area (Å²) in [6.07, 6.45) is 0. The maximum atomic E-state index is 12.1. The molecular formula is C23H21N3O4. The van der Waals surface area contributed by atoms with Gasteiger partial charge in [0, 0.05) is 11.1 Å². The molecule has 0 saturated heterocycles. The Bertz CT molecular complexity index is 1230. The van der Waals surface area contributed by atoms with E-state index in [2.05, 4.69) is 15.2 Å². The number of hydrogen-bond acceptors (Lipinski definition) is 5. The average molecular weight is 403 g/mol. The number of aromatic amines is 1. The third-order valence-electron chi connectivity index (χ3n) is 4.85. The van der Waals surface area contributed by atoms with Crippen molar-refractivity contribution in [3.05, 3.63) is 59.7 Å². The van der Waals surface area contributed by atoms with Gasteiger partial charge >= 0.3 is 5.97 Å². The molecule has 0 unspecified atom stereocenters. The zero-order chi connectivity index (χ0) is 21.3. The molecule has 2 heterocycles.